The van der Waals surface area contributed by atoms with Crippen LogP contribution in [0.4, 0.5) is 8.78 Å². The van der Waals surface area contributed by atoms with Crippen LogP contribution in [-0.2, 0) is 4.74 Å². The van der Waals surface area contributed by atoms with Gasteiger partial charge in [-0.2, -0.15) is 0 Å². The Labute approximate surface area is 77.3 Å². The number of carbonyl (C=O) groups excluding carboxylic acids is 1. The van der Waals surface area contributed by atoms with Crippen LogP contribution in [0.1, 0.15) is 10.4 Å². The van der Waals surface area contributed by atoms with Gasteiger partial charge < -0.3 is 4.74 Å². The van der Waals surface area contributed by atoms with Crippen LogP contribution in [0, 0.1) is 11.6 Å². The Hall–Kier alpha value is -1.23. The van der Waals surface area contributed by atoms with Crippen molar-refractivity contribution in [2.24, 2.45) is 0 Å². The number of nitrogens with zero attached hydrogens (tertiary/aromatic N) is 1. The summed E-state index contributed by atoms with van der Waals surface area (Å²) >= 11 is 5.23. The number of halogens is 3. The summed E-state index contributed by atoms with van der Waals surface area (Å²) in [6.07, 6.45) is 0.650. The minimum absolute atomic E-state index is 0.568. The van der Waals surface area contributed by atoms with Crippen LogP contribution in [0.5, 0.6) is 0 Å². The third-order valence-electron chi connectivity index (χ3n) is 1.32. The molecule has 1 heterocycles. The molecule has 1 aromatic heterocycles. The van der Waals surface area contributed by atoms with Gasteiger partial charge in [-0.3, -0.25) is 0 Å². The molecular formula is C7H4ClF2NO2. The Morgan fingerprint density at radius 1 is 1.62 bits per heavy atom. The first kappa shape index (κ1) is 9.85. The molecule has 0 saturated carbocycles. The van der Waals surface area contributed by atoms with E-state index >= 15 is 0 Å². The second-order valence-corrected chi connectivity index (χ2v) is 2.44. The van der Waals surface area contributed by atoms with E-state index in [2.05, 4.69) is 9.72 Å². The van der Waals surface area contributed by atoms with Crippen LogP contribution in [0.2, 0.25) is 5.15 Å². The third kappa shape index (κ3) is 1.75. The molecule has 0 amide bonds. The molecule has 0 aliphatic carbocycles. The molecule has 6 heteroatoms. The summed E-state index contributed by atoms with van der Waals surface area (Å²) < 4.78 is 29.9. The fourth-order valence-electron chi connectivity index (χ4n) is 0.732. The molecule has 0 unspecified atom stereocenters. The Morgan fingerprint density at radius 2 is 2.23 bits per heavy atom. The van der Waals surface area contributed by atoms with Crippen LogP contribution in [0.25, 0.3) is 0 Å². The summed E-state index contributed by atoms with van der Waals surface area (Å²) in [7, 11) is 1.01. The lowest BCUT2D eigenvalue weighted by molar-refractivity contribution is 0.0589. The van der Waals surface area contributed by atoms with Crippen molar-refractivity contribution in [3.8, 4) is 0 Å². The molecule has 0 radical (unpaired) electrons. The SMILES string of the molecule is COC(=O)c1c(F)cnc(Cl)c1F. The molecule has 13 heavy (non-hydrogen) atoms. The third-order valence-corrected chi connectivity index (χ3v) is 1.58. The maximum Gasteiger partial charge on any atom is 0.344 e. The smallest absolute Gasteiger partial charge is 0.344 e. The van der Waals surface area contributed by atoms with E-state index < -0.39 is 28.3 Å². The highest BCUT2D eigenvalue weighted by Crippen LogP contribution is 2.18. The number of pyridine rings is 1. The molecule has 0 aliphatic rings. The number of carbonyl (C=O) groups is 1. The minimum atomic E-state index is -1.21. The normalized spacial score (nSPS) is 9.85. The highest BCUT2D eigenvalue weighted by atomic mass is 35.5. The van der Waals surface area contributed by atoms with Crippen molar-refractivity contribution in [2.75, 3.05) is 7.11 Å². The predicted octanol–water partition coefficient (Wildman–Crippen LogP) is 1.80. The number of esters is 1. The van der Waals surface area contributed by atoms with E-state index in [1.165, 1.54) is 0 Å². The quantitative estimate of drug-likeness (QED) is 0.521. The maximum absolute atomic E-state index is 13.0. The summed E-state index contributed by atoms with van der Waals surface area (Å²) in [6, 6.07) is 0. The number of hydrogen-bond acceptors (Lipinski definition) is 3. The second kappa shape index (κ2) is 3.66. The Bertz CT molecular complexity index is 357. The van der Waals surface area contributed by atoms with E-state index in [-0.39, 0.29) is 0 Å². The Kier molecular flexibility index (Phi) is 2.77. The fourth-order valence-corrected chi connectivity index (χ4v) is 0.875. The monoisotopic (exact) mass is 207 g/mol. The predicted molar refractivity (Wildman–Crippen MR) is 40.5 cm³/mol. The topological polar surface area (TPSA) is 39.2 Å². The van der Waals surface area contributed by atoms with Gasteiger partial charge in [0.25, 0.3) is 0 Å². The molecule has 0 fully saturated rings. The zero-order valence-electron chi connectivity index (χ0n) is 6.47. The summed E-state index contributed by atoms with van der Waals surface area (Å²) in [5, 5.41) is -0.568. The zero-order valence-corrected chi connectivity index (χ0v) is 7.23. The average molecular weight is 208 g/mol. The van der Waals surface area contributed by atoms with Gasteiger partial charge in [-0.25, -0.2) is 18.6 Å². The van der Waals surface area contributed by atoms with E-state index in [1.807, 2.05) is 0 Å². The Morgan fingerprint density at radius 3 is 2.77 bits per heavy atom. The molecule has 0 aliphatic heterocycles. The summed E-state index contributed by atoms with van der Waals surface area (Å²) in [4.78, 5) is 14.0. The number of methoxy groups -OCH3 is 1. The van der Waals surface area contributed by atoms with Gasteiger partial charge >= 0.3 is 5.97 Å². The molecular weight excluding hydrogens is 204 g/mol. The summed E-state index contributed by atoms with van der Waals surface area (Å²) in [5.41, 5.74) is -0.831. The molecule has 0 spiro atoms. The van der Waals surface area contributed by atoms with E-state index in [1.54, 1.807) is 0 Å². The zero-order chi connectivity index (χ0) is 10.0. The van der Waals surface area contributed by atoms with Crippen LogP contribution in [-0.4, -0.2) is 18.1 Å². The number of ether oxygens (including phenoxy) is 1. The first-order chi connectivity index (χ1) is 6.07. The van der Waals surface area contributed by atoms with Gasteiger partial charge in [-0.15, -0.1) is 0 Å². The first-order valence-corrected chi connectivity index (χ1v) is 3.53. The van der Waals surface area contributed by atoms with Gasteiger partial charge in [0.15, 0.2) is 16.8 Å². The molecule has 0 N–H and O–H groups in total. The van der Waals surface area contributed by atoms with Crippen molar-refractivity contribution < 1.29 is 18.3 Å². The maximum atomic E-state index is 13.0. The molecule has 3 nitrogen and oxygen atoms in total. The second-order valence-electron chi connectivity index (χ2n) is 2.08. The molecule has 1 rings (SSSR count). The van der Waals surface area contributed by atoms with Crippen molar-refractivity contribution in [3.63, 3.8) is 0 Å². The van der Waals surface area contributed by atoms with Gasteiger partial charge in [0.05, 0.1) is 13.3 Å². The summed E-state index contributed by atoms with van der Waals surface area (Å²) in [5.74, 6) is -3.44. The molecule has 0 saturated heterocycles. The molecule has 70 valence electrons. The van der Waals surface area contributed by atoms with E-state index in [0.29, 0.717) is 6.20 Å². The Balaban J connectivity index is 3.33. The van der Waals surface area contributed by atoms with Crippen LogP contribution in [0.15, 0.2) is 6.20 Å². The molecule has 0 aromatic carbocycles. The first-order valence-electron chi connectivity index (χ1n) is 3.15. The van der Waals surface area contributed by atoms with Crippen LogP contribution >= 0.6 is 11.6 Å². The van der Waals surface area contributed by atoms with Crippen molar-refractivity contribution in [1.82, 2.24) is 4.98 Å². The van der Waals surface area contributed by atoms with E-state index in [0.717, 1.165) is 7.11 Å². The van der Waals surface area contributed by atoms with Gasteiger partial charge in [0.2, 0.25) is 0 Å². The van der Waals surface area contributed by atoms with Gasteiger partial charge in [-0.1, -0.05) is 11.6 Å². The van der Waals surface area contributed by atoms with Crippen molar-refractivity contribution in [1.29, 1.82) is 0 Å². The highest BCUT2D eigenvalue weighted by Gasteiger charge is 2.21. The number of hydrogen-bond donors (Lipinski definition) is 0. The lowest BCUT2D eigenvalue weighted by atomic mass is 10.2. The minimum Gasteiger partial charge on any atom is -0.465 e. The van der Waals surface area contributed by atoms with Crippen molar-refractivity contribution >= 4 is 17.6 Å². The lowest BCUT2D eigenvalue weighted by Gasteiger charge is -2.02. The fraction of sp³-hybridized carbons (Fsp3) is 0.143. The van der Waals surface area contributed by atoms with Crippen LogP contribution < -0.4 is 0 Å². The standard InChI is InChI=1S/C7H4ClF2NO2/c1-13-7(12)4-3(9)2-11-6(8)5(4)10/h2H,1H3. The largest absolute Gasteiger partial charge is 0.465 e. The average Bonchev–Trinajstić information content (AvgIpc) is 2.12. The number of aromatic nitrogens is 1. The van der Waals surface area contributed by atoms with E-state index in [4.69, 9.17) is 11.6 Å². The van der Waals surface area contributed by atoms with Crippen molar-refractivity contribution in [2.45, 2.75) is 0 Å². The molecule has 0 atom stereocenters. The van der Waals surface area contributed by atoms with Crippen LogP contribution in [0.3, 0.4) is 0 Å². The van der Waals surface area contributed by atoms with E-state index in [9.17, 15) is 13.6 Å². The number of rotatable bonds is 1. The van der Waals surface area contributed by atoms with Gasteiger partial charge in [0, 0.05) is 0 Å². The van der Waals surface area contributed by atoms with Gasteiger partial charge in [0.1, 0.15) is 5.56 Å². The summed E-state index contributed by atoms with van der Waals surface area (Å²) in [6.45, 7) is 0. The molecule has 1 aromatic rings. The lowest BCUT2D eigenvalue weighted by Crippen LogP contribution is -2.08. The van der Waals surface area contributed by atoms with Gasteiger partial charge in [-0.05, 0) is 0 Å². The highest BCUT2D eigenvalue weighted by molar-refractivity contribution is 6.29. The molecule has 0 bridgehead atoms. The van der Waals surface area contributed by atoms with Crippen molar-refractivity contribution in [3.05, 3.63) is 28.5 Å².